The molecule has 266 valence electrons. The molecule has 11 heteroatoms. The Labute approximate surface area is 294 Å². The van der Waals surface area contributed by atoms with Gasteiger partial charge in [0.2, 0.25) is 17.7 Å². The van der Waals surface area contributed by atoms with Gasteiger partial charge in [-0.3, -0.25) is 14.4 Å². The normalized spacial score (nSPS) is 20.7. The van der Waals surface area contributed by atoms with Gasteiger partial charge in [-0.25, -0.2) is 9.78 Å². The van der Waals surface area contributed by atoms with E-state index in [0.29, 0.717) is 19.5 Å². The fraction of sp³-hybridized carbons (Fsp3) is 0.513. The molecule has 2 saturated heterocycles. The Morgan fingerprint density at radius 2 is 1.58 bits per heavy atom. The van der Waals surface area contributed by atoms with Crippen LogP contribution in [0.2, 0.25) is 0 Å². The van der Waals surface area contributed by atoms with Gasteiger partial charge < -0.3 is 30.2 Å². The summed E-state index contributed by atoms with van der Waals surface area (Å²) in [5.74, 6) is 0.828. The molecule has 6 rings (SSSR count). The van der Waals surface area contributed by atoms with Crippen LogP contribution in [-0.2, 0) is 32.0 Å². The standard InChI is InChI=1S/C39H50N6O5/c1-23(2)18-34(46)44-16-7-9-33(44)37(47)41-30-20-28-15-14-27(19-29(28)21-30)25-10-12-26(13-11-25)31-22-40-36(42-31)32-8-6-17-45(32)38(48)35(24(3)4)43-39(49)50-5/h10-15,19,22-24,30,32-33,35H,6-9,16-18,20-21H2,1-5H3,(H,40,42)(H,41,47)(H,43,49)/t30-,32-,33-,35-/m0/s1. The van der Waals surface area contributed by atoms with E-state index in [0.717, 1.165) is 66.7 Å². The molecule has 4 amide bonds. The van der Waals surface area contributed by atoms with E-state index in [2.05, 4.69) is 63.1 Å². The fourth-order valence-corrected chi connectivity index (χ4v) is 7.69. The lowest BCUT2D eigenvalue weighted by atomic mass is 9.99. The molecule has 3 aliphatic rings. The largest absolute Gasteiger partial charge is 0.453 e. The van der Waals surface area contributed by atoms with Crippen molar-refractivity contribution < 1.29 is 23.9 Å². The molecule has 2 aliphatic heterocycles. The number of hydrogen-bond donors (Lipinski definition) is 3. The number of aromatic nitrogens is 2. The first kappa shape index (κ1) is 35.2. The van der Waals surface area contributed by atoms with Crippen LogP contribution in [-0.4, -0.2) is 81.9 Å². The predicted octanol–water partition coefficient (Wildman–Crippen LogP) is 5.41. The van der Waals surface area contributed by atoms with Crippen LogP contribution in [0, 0.1) is 11.8 Å². The molecule has 0 spiro atoms. The molecular formula is C39H50N6O5. The van der Waals surface area contributed by atoms with Gasteiger partial charge in [0.15, 0.2) is 0 Å². The van der Waals surface area contributed by atoms with Crippen molar-refractivity contribution in [2.75, 3.05) is 20.2 Å². The van der Waals surface area contributed by atoms with Gasteiger partial charge in [0, 0.05) is 25.6 Å². The Morgan fingerprint density at radius 1 is 0.900 bits per heavy atom. The monoisotopic (exact) mass is 682 g/mol. The van der Waals surface area contributed by atoms with E-state index in [1.54, 1.807) is 4.90 Å². The van der Waals surface area contributed by atoms with E-state index in [-0.39, 0.29) is 47.7 Å². The number of H-pyrrole nitrogens is 1. The van der Waals surface area contributed by atoms with Crippen molar-refractivity contribution in [2.45, 2.75) is 96.8 Å². The van der Waals surface area contributed by atoms with Crippen molar-refractivity contribution in [3.05, 3.63) is 65.6 Å². The molecule has 2 fully saturated rings. The summed E-state index contributed by atoms with van der Waals surface area (Å²) in [6, 6.07) is 13.7. The van der Waals surface area contributed by atoms with Crippen LogP contribution >= 0.6 is 0 Å². The number of rotatable bonds is 10. The van der Waals surface area contributed by atoms with Gasteiger partial charge in [-0.05, 0) is 78.2 Å². The second-order valence-corrected chi connectivity index (χ2v) is 14.7. The van der Waals surface area contributed by atoms with Crippen molar-refractivity contribution in [3.8, 4) is 22.4 Å². The Kier molecular flexibility index (Phi) is 10.6. The van der Waals surface area contributed by atoms with Crippen molar-refractivity contribution in [2.24, 2.45) is 11.8 Å². The first-order chi connectivity index (χ1) is 24.0. The molecule has 0 radical (unpaired) electrons. The summed E-state index contributed by atoms with van der Waals surface area (Å²) in [5, 5.41) is 5.95. The number of aromatic amines is 1. The maximum Gasteiger partial charge on any atom is 0.407 e. The molecule has 3 aromatic rings. The van der Waals surface area contributed by atoms with Gasteiger partial charge in [0.1, 0.15) is 17.9 Å². The molecular weight excluding hydrogens is 632 g/mol. The minimum absolute atomic E-state index is 0.0267. The quantitative estimate of drug-likeness (QED) is 0.262. The summed E-state index contributed by atoms with van der Waals surface area (Å²) in [5.41, 5.74) is 6.57. The SMILES string of the molecule is COC(=O)N[C@H](C(=O)N1CCC[C@H]1c1ncc(-c2ccc(-c3ccc4c(c3)C[C@@H](NC(=O)[C@@H]3CCCN3C(=O)CC(C)C)C4)cc2)[nH]1)C(C)C. The lowest BCUT2D eigenvalue weighted by molar-refractivity contribution is -0.139. The molecule has 0 saturated carbocycles. The number of nitrogens with zero attached hydrogens (tertiary/aromatic N) is 3. The molecule has 3 heterocycles. The average molecular weight is 683 g/mol. The zero-order chi connectivity index (χ0) is 35.5. The Hall–Kier alpha value is -4.67. The van der Waals surface area contributed by atoms with Crippen LogP contribution in [0.1, 0.15) is 82.8 Å². The Bertz CT molecular complexity index is 1720. The highest BCUT2D eigenvalue weighted by Crippen LogP contribution is 2.34. The summed E-state index contributed by atoms with van der Waals surface area (Å²) in [6.07, 6.45) is 6.48. The van der Waals surface area contributed by atoms with Gasteiger partial charge in [-0.1, -0.05) is 70.2 Å². The number of hydrogen-bond acceptors (Lipinski definition) is 6. The van der Waals surface area contributed by atoms with E-state index in [9.17, 15) is 19.2 Å². The van der Waals surface area contributed by atoms with Gasteiger partial charge in [-0.2, -0.15) is 0 Å². The second kappa shape index (κ2) is 15.1. The van der Waals surface area contributed by atoms with E-state index in [1.165, 1.54) is 18.2 Å². The predicted molar refractivity (Wildman–Crippen MR) is 191 cm³/mol. The highest BCUT2D eigenvalue weighted by Gasteiger charge is 2.38. The third kappa shape index (κ3) is 7.56. The summed E-state index contributed by atoms with van der Waals surface area (Å²) in [4.78, 5) is 63.1. The summed E-state index contributed by atoms with van der Waals surface area (Å²) in [7, 11) is 1.29. The maximum absolute atomic E-state index is 13.5. The van der Waals surface area contributed by atoms with Crippen molar-refractivity contribution in [1.82, 2.24) is 30.4 Å². The van der Waals surface area contributed by atoms with Gasteiger partial charge in [-0.15, -0.1) is 0 Å². The zero-order valence-corrected chi connectivity index (χ0v) is 29.8. The first-order valence-corrected chi connectivity index (χ1v) is 18.0. The van der Waals surface area contributed by atoms with E-state index < -0.39 is 12.1 Å². The molecule has 0 unspecified atom stereocenters. The Morgan fingerprint density at radius 3 is 2.30 bits per heavy atom. The van der Waals surface area contributed by atoms with Crippen LogP contribution in [0.15, 0.2) is 48.7 Å². The smallest absolute Gasteiger partial charge is 0.407 e. The minimum atomic E-state index is -0.678. The number of methoxy groups -OCH3 is 1. The number of likely N-dealkylation sites (tertiary alicyclic amines) is 2. The number of alkyl carbamates (subject to hydrolysis) is 1. The minimum Gasteiger partial charge on any atom is -0.453 e. The third-order valence-corrected chi connectivity index (χ3v) is 10.3. The molecule has 1 aliphatic carbocycles. The lowest BCUT2D eigenvalue weighted by Crippen LogP contribution is -2.51. The number of carbonyl (C=O) groups excluding carboxylic acids is 4. The second-order valence-electron chi connectivity index (χ2n) is 14.7. The number of imidazole rings is 1. The van der Waals surface area contributed by atoms with Gasteiger partial charge >= 0.3 is 6.09 Å². The molecule has 0 bridgehead atoms. The van der Waals surface area contributed by atoms with Crippen LogP contribution in [0.3, 0.4) is 0 Å². The molecule has 1 aromatic heterocycles. The number of nitrogens with one attached hydrogen (secondary N) is 3. The average Bonchev–Trinajstić information content (AvgIpc) is 3.92. The number of ether oxygens (including phenoxy) is 1. The number of fused-ring (bicyclic) bond motifs is 1. The number of benzene rings is 2. The maximum atomic E-state index is 13.5. The lowest BCUT2D eigenvalue weighted by Gasteiger charge is -2.30. The highest BCUT2D eigenvalue weighted by molar-refractivity contribution is 5.89. The van der Waals surface area contributed by atoms with Crippen LogP contribution in [0.25, 0.3) is 22.4 Å². The molecule has 50 heavy (non-hydrogen) atoms. The summed E-state index contributed by atoms with van der Waals surface area (Å²) < 4.78 is 4.75. The molecule has 4 atom stereocenters. The van der Waals surface area contributed by atoms with Crippen molar-refractivity contribution in [3.63, 3.8) is 0 Å². The van der Waals surface area contributed by atoms with Gasteiger partial charge in [0.25, 0.3) is 0 Å². The van der Waals surface area contributed by atoms with E-state index in [1.807, 2.05) is 38.8 Å². The third-order valence-electron chi connectivity index (χ3n) is 10.3. The highest BCUT2D eigenvalue weighted by atomic mass is 16.5. The fourth-order valence-electron chi connectivity index (χ4n) is 7.69. The van der Waals surface area contributed by atoms with Crippen LogP contribution in [0.5, 0.6) is 0 Å². The first-order valence-electron chi connectivity index (χ1n) is 18.0. The van der Waals surface area contributed by atoms with Gasteiger partial charge in [0.05, 0.1) is 25.0 Å². The van der Waals surface area contributed by atoms with Crippen LogP contribution in [0.4, 0.5) is 4.79 Å². The number of carbonyl (C=O) groups is 4. The van der Waals surface area contributed by atoms with E-state index >= 15 is 0 Å². The van der Waals surface area contributed by atoms with Crippen molar-refractivity contribution in [1.29, 1.82) is 0 Å². The zero-order valence-electron chi connectivity index (χ0n) is 29.8. The van der Waals surface area contributed by atoms with E-state index in [4.69, 9.17) is 4.74 Å². The molecule has 3 N–H and O–H groups in total. The molecule has 11 nitrogen and oxygen atoms in total. The topological polar surface area (TPSA) is 137 Å². The van der Waals surface area contributed by atoms with Crippen LogP contribution < -0.4 is 10.6 Å². The van der Waals surface area contributed by atoms with Crippen molar-refractivity contribution >= 4 is 23.8 Å². The Balaban J connectivity index is 1.08. The summed E-state index contributed by atoms with van der Waals surface area (Å²) in [6.45, 7) is 9.14. The summed E-state index contributed by atoms with van der Waals surface area (Å²) >= 11 is 0. The number of amides is 4. The molecule has 2 aromatic carbocycles.